The summed E-state index contributed by atoms with van der Waals surface area (Å²) in [4.78, 5) is 14.6. The molecular weight excluding hydrogens is 281 g/mol. The van der Waals surface area contributed by atoms with Crippen molar-refractivity contribution >= 4 is 5.91 Å². The molecule has 4 nitrogen and oxygen atoms in total. The first-order chi connectivity index (χ1) is 10.5. The topological polar surface area (TPSA) is 44.4 Å². The number of hydrogen-bond acceptors (Lipinski definition) is 3. The molecular formula is C17H26FN3O. The Bertz CT molecular complexity index is 489. The fraction of sp³-hybridized carbons (Fsp3) is 0.588. The van der Waals surface area contributed by atoms with E-state index in [0.29, 0.717) is 12.6 Å². The van der Waals surface area contributed by atoms with E-state index in [0.717, 1.165) is 25.2 Å². The second-order valence-corrected chi connectivity index (χ2v) is 6.36. The zero-order chi connectivity index (χ0) is 16.1. The lowest BCUT2D eigenvalue weighted by Crippen LogP contribution is -2.53. The van der Waals surface area contributed by atoms with Crippen molar-refractivity contribution in [2.75, 3.05) is 26.2 Å². The second kappa shape index (κ2) is 7.70. The number of hydrogen-bond donors (Lipinski definition) is 2. The Labute approximate surface area is 132 Å². The summed E-state index contributed by atoms with van der Waals surface area (Å²) in [7, 11) is 0. The Kier molecular flexibility index (Phi) is 5.91. The van der Waals surface area contributed by atoms with Crippen molar-refractivity contribution in [3.63, 3.8) is 0 Å². The molecule has 1 aliphatic rings. The van der Waals surface area contributed by atoms with E-state index in [1.165, 1.54) is 12.1 Å². The summed E-state index contributed by atoms with van der Waals surface area (Å²) >= 11 is 0. The van der Waals surface area contributed by atoms with Crippen LogP contribution in [0.25, 0.3) is 0 Å². The quantitative estimate of drug-likeness (QED) is 0.874. The maximum Gasteiger partial charge on any atom is 0.234 e. The van der Waals surface area contributed by atoms with Gasteiger partial charge in [-0.1, -0.05) is 26.0 Å². The molecule has 2 rings (SSSR count). The highest BCUT2D eigenvalue weighted by atomic mass is 19.1. The average Bonchev–Trinajstić information content (AvgIpc) is 2.48. The van der Waals surface area contributed by atoms with Gasteiger partial charge in [0.25, 0.3) is 0 Å². The smallest absolute Gasteiger partial charge is 0.234 e. The highest BCUT2D eigenvalue weighted by Gasteiger charge is 2.23. The van der Waals surface area contributed by atoms with E-state index < -0.39 is 0 Å². The number of nitrogens with one attached hydrogen (secondary N) is 2. The predicted molar refractivity (Wildman–Crippen MR) is 86.0 cm³/mol. The summed E-state index contributed by atoms with van der Waals surface area (Å²) in [5.41, 5.74) is 0.943. The second-order valence-electron chi connectivity index (χ2n) is 6.36. The standard InChI is InChI=1S/C17H26FN3O/c1-12(2)17(14-4-6-15(18)7-5-14)20-16(22)11-21-9-8-19-10-13(21)3/h4-7,12-13,17,19H,8-11H2,1-3H3,(H,20,22)/t13-,17?/m1/s1. The first-order valence-electron chi connectivity index (χ1n) is 7.97. The van der Waals surface area contributed by atoms with E-state index in [2.05, 4.69) is 36.3 Å². The minimum Gasteiger partial charge on any atom is -0.348 e. The van der Waals surface area contributed by atoms with Crippen LogP contribution in [0.4, 0.5) is 4.39 Å². The van der Waals surface area contributed by atoms with Crippen LogP contribution in [0.5, 0.6) is 0 Å². The van der Waals surface area contributed by atoms with Crippen molar-refractivity contribution in [3.8, 4) is 0 Å². The SMILES string of the molecule is CC(C)C(NC(=O)CN1CCNC[C@H]1C)c1ccc(F)cc1. The summed E-state index contributed by atoms with van der Waals surface area (Å²) in [5.74, 6) is 0.0128. The molecule has 5 heteroatoms. The molecule has 1 heterocycles. The van der Waals surface area contributed by atoms with Crippen molar-refractivity contribution in [3.05, 3.63) is 35.6 Å². The van der Waals surface area contributed by atoms with Gasteiger partial charge < -0.3 is 10.6 Å². The summed E-state index contributed by atoms with van der Waals surface area (Å²) in [6.07, 6.45) is 0. The van der Waals surface area contributed by atoms with Crippen molar-refractivity contribution in [2.24, 2.45) is 5.92 Å². The Hall–Kier alpha value is -1.46. The molecule has 122 valence electrons. The van der Waals surface area contributed by atoms with Gasteiger partial charge in [-0.05, 0) is 30.5 Å². The van der Waals surface area contributed by atoms with Gasteiger partial charge >= 0.3 is 0 Å². The van der Waals surface area contributed by atoms with Crippen molar-refractivity contribution in [1.29, 1.82) is 0 Å². The maximum absolute atomic E-state index is 13.1. The molecule has 0 aromatic heterocycles. The Morgan fingerprint density at radius 3 is 2.68 bits per heavy atom. The Morgan fingerprint density at radius 1 is 1.41 bits per heavy atom. The number of amides is 1. The minimum absolute atomic E-state index is 0.0248. The minimum atomic E-state index is -0.257. The normalized spacial score (nSPS) is 20.9. The number of carbonyl (C=O) groups is 1. The van der Waals surface area contributed by atoms with Gasteiger partial charge in [0, 0.05) is 25.7 Å². The zero-order valence-corrected chi connectivity index (χ0v) is 13.6. The third kappa shape index (κ3) is 4.52. The van der Waals surface area contributed by atoms with E-state index in [1.807, 2.05) is 0 Å². The van der Waals surface area contributed by atoms with Crippen LogP contribution in [0, 0.1) is 11.7 Å². The van der Waals surface area contributed by atoms with Gasteiger partial charge in [0.1, 0.15) is 5.82 Å². The molecule has 2 atom stereocenters. The molecule has 1 unspecified atom stereocenters. The molecule has 22 heavy (non-hydrogen) atoms. The van der Waals surface area contributed by atoms with E-state index in [1.54, 1.807) is 12.1 Å². The molecule has 1 saturated heterocycles. The number of nitrogens with zero attached hydrogens (tertiary/aromatic N) is 1. The first kappa shape index (κ1) is 16.9. The molecule has 1 aromatic carbocycles. The van der Waals surface area contributed by atoms with Gasteiger partial charge in [-0.25, -0.2) is 4.39 Å². The molecule has 0 saturated carbocycles. The monoisotopic (exact) mass is 307 g/mol. The van der Waals surface area contributed by atoms with Gasteiger partial charge in [0.05, 0.1) is 12.6 Å². The summed E-state index contributed by atoms with van der Waals surface area (Å²) in [5, 5.41) is 6.42. The van der Waals surface area contributed by atoms with Crippen LogP contribution in [-0.4, -0.2) is 43.0 Å². The molecule has 2 N–H and O–H groups in total. The number of benzene rings is 1. The molecule has 0 spiro atoms. The van der Waals surface area contributed by atoms with Gasteiger partial charge in [0.2, 0.25) is 5.91 Å². The van der Waals surface area contributed by atoms with E-state index in [9.17, 15) is 9.18 Å². The van der Waals surface area contributed by atoms with Gasteiger partial charge in [0.15, 0.2) is 0 Å². The predicted octanol–water partition coefficient (Wildman–Crippen LogP) is 1.93. The van der Waals surface area contributed by atoms with Gasteiger partial charge in [-0.3, -0.25) is 9.69 Å². The lowest BCUT2D eigenvalue weighted by Gasteiger charge is -2.34. The maximum atomic E-state index is 13.1. The summed E-state index contributed by atoms with van der Waals surface area (Å²) in [6, 6.07) is 6.64. The number of carbonyl (C=O) groups excluding carboxylic acids is 1. The highest BCUT2D eigenvalue weighted by molar-refractivity contribution is 5.78. The lowest BCUT2D eigenvalue weighted by molar-refractivity contribution is -0.124. The average molecular weight is 307 g/mol. The fourth-order valence-corrected chi connectivity index (χ4v) is 2.83. The molecule has 1 aliphatic heterocycles. The third-order valence-corrected chi connectivity index (χ3v) is 4.20. The molecule has 1 aromatic rings. The largest absolute Gasteiger partial charge is 0.348 e. The molecule has 0 radical (unpaired) electrons. The first-order valence-corrected chi connectivity index (χ1v) is 7.97. The van der Waals surface area contributed by atoms with Crippen LogP contribution in [0.15, 0.2) is 24.3 Å². The van der Waals surface area contributed by atoms with Gasteiger partial charge in [-0.15, -0.1) is 0 Å². The van der Waals surface area contributed by atoms with E-state index in [-0.39, 0.29) is 23.7 Å². The molecule has 0 bridgehead atoms. The Morgan fingerprint density at radius 2 is 2.09 bits per heavy atom. The van der Waals surface area contributed by atoms with E-state index in [4.69, 9.17) is 0 Å². The summed E-state index contributed by atoms with van der Waals surface area (Å²) in [6.45, 7) is 9.37. The van der Waals surface area contributed by atoms with Crippen LogP contribution in [0.1, 0.15) is 32.4 Å². The highest BCUT2D eigenvalue weighted by Crippen LogP contribution is 2.22. The van der Waals surface area contributed by atoms with Crippen molar-refractivity contribution in [2.45, 2.75) is 32.9 Å². The zero-order valence-electron chi connectivity index (χ0n) is 13.6. The van der Waals surface area contributed by atoms with Gasteiger partial charge in [-0.2, -0.15) is 0 Å². The van der Waals surface area contributed by atoms with Crippen molar-refractivity contribution in [1.82, 2.24) is 15.5 Å². The van der Waals surface area contributed by atoms with Crippen LogP contribution in [-0.2, 0) is 4.79 Å². The number of rotatable bonds is 5. The molecule has 1 fully saturated rings. The van der Waals surface area contributed by atoms with E-state index >= 15 is 0 Å². The van der Waals surface area contributed by atoms with Crippen LogP contribution < -0.4 is 10.6 Å². The third-order valence-electron chi connectivity index (χ3n) is 4.20. The molecule has 1 amide bonds. The summed E-state index contributed by atoms with van der Waals surface area (Å²) < 4.78 is 13.1. The molecule has 0 aliphatic carbocycles. The van der Waals surface area contributed by atoms with Crippen molar-refractivity contribution < 1.29 is 9.18 Å². The van der Waals surface area contributed by atoms with Crippen LogP contribution in [0.2, 0.25) is 0 Å². The van der Waals surface area contributed by atoms with Crippen LogP contribution in [0.3, 0.4) is 0 Å². The fourth-order valence-electron chi connectivity index (χ4n) is 2.83. The van der Waals surface area contributed by atoms with Crippen LogP contribution >= 0.6 is 0 Å². The number of piperazine rings is 1. The Balaban J connectivity index is 1.98. The lowest BCUT2D eigenvalue weighted by atomic mass is 9.96. The number of halogens is 1.